The van der Waals surface area contributed by atoms with Gasteiger partial charge in [-0.05, 0) is 42.0 Å². The molecule has 1 fully saturated rings. The van der Waals surface area contributed by atoms with Crippen LogP contribution in [-0.2, 0) is 6.54 Å². The van der Waals surface area contributed by atoms with Crippen LogP contribution in [0, 0.1) is 0 Å². The summed E-state index contributed by atoms with van der Waals surface area (Å²) >= 11 is 0. The van der Waals surface area contributed by atoms with E-state index in [0.717, 1.165) is 11.3 Å². The van der Waals surface area contributed by atoms with Gasteiger partial charge < -0.3 is 10.5 Å². The summed E-state index contributed by atoms with van der Waals surface area (Å²) in [5, 5.41) is 0. The number of ether oxygens (including phenoxy) is 1. The topological polar surface area (TPSA) is 35.2 Å². The zero-order chi connectivity index (χ0) is 10.8. The summed E-state index contributed by atoms with van der Waals surface area (Å²) in [6, 6.07) is 6.37. The van der Waals surface area contributed by atoms with Crippen molar-refractivity contribution in [1.82, 2.24) is 0 Å². The number of nitrogens with two attached hydrogens (primary N) is 1. The molecule has 1 aromatic carbocycles. The largest absolute Gasteiger partial charge is 0.490 e. The summed E-state index contributed by atoms with van der Waals surface area (Å²) in [6.07, 6.45) is 2.85. The monoisotopic (exact) mass is 205 g/mol. The van der Waals surface area contributed by atoms with Gasteiger partial charge >= 0.3 is 0 Å². The Balaban J connectivity index is 2.23. The fraction of sp³-hybridized carbons (Fsp3) is 0.538. The Kier molecular flexibility index (Phi) is 2.96. The lowest BCUT2D eigenvalue weighted by Gasteiger charge is -2.12. The van der Waals surface area contributed by atoms with Crippen LogP contribution in [0.1, 0.15) is 43.7 Å². The lowest BCUT2D eigenvalue weighted by molar-refractivity contribution is 0.302. The Morgan fingerprint density at radius 1 is 1.33 bits per heavy atom. The summed E-state index contributed by atoms with van der Waals surface area (Å²) in [5.41, 5.74) is 8.16. The van der Waals surface area contributed by atoms with E-state index in [0.29, 0.717) is 18.6 Å². The molecule has 0 aromatic heterocycles. The molecule has 0 spiro atoms. The third-order valence-electron chi connectivity index (χ3n) is 2.72. The average molecular weight is 205 g/mol. The molecular weight excluding hydrogens is 186 g/mol. The highest BCUT2D eigenvalue weighted by atomic mass is 16.5. The molecule has 2 nitrogen and oxygen atoms in total. The fourth-order valence-corrected chi connectivity index (χ4v) is 1.58. The second-order valence-corrected chi connectivity index (χ2v) is 4.59. The first-order chi connectivity index (χ1) is 7.19. The fourth-order valence-electron chi connectivity index (χ4n) is 1.58. The van der Waals surface area contributed by atoms with Crippen LogP contribution in [0.15, 0.2) is 18.2 Å². The van der Waals surface area contributed by atoms with E-state index in [9.17, 15) is 0 Å². The zero-order valence-electron chi connectivity index (χ0n) is 9.49. The molecular formula is C13H19NO. The van der Waals surface area contributed by atoms with Crippen LogP contribution in [0.3, 0.4) is 0 Å². The van der Waals surface area contributed by atoms with E-state index in [4.69, 9.17) is 10.5 Å². The van der Waals surface area contributed by atoms with Gasteiger partial charge in [0.2, 0.25) is 0 Å². The zero-order valence-corrected chi connectivity index (χ0v) is 9.49. The Morgan fingerprint density at radius 3 is 2.60 bits per heavy atom. The third kappa shape index (κ3) is 2.72. The van der Waals surface area contributed by atoms with Gasteiger partial charge in [-0.1, -0.05) is 19.9 Å². The first-order valence-electron chi connectivity index (χ1n) is 5.69. The Morgan fingerprint density at radius 2 is 2.07 bits per heavy atom. The van der Waals surface area contributed by atoms with Crippen molar-refractivity contribution in [2.75, 3.05) is 0 Å². The molecule has 1 aromatic rings. The molecule has 0 amide bonds. The van der Waals surface area contributed by atoms with Crippen molar-refractivity contribution in [3.63, 3.8) is 0 Å². The molecule has 0 radical (unpaired) electrons. The molecule has 2 N–H and O–H groups in total. The Hall–Kier alpha value is -1.02. The first-order valence-corrected chi connectivity index (χ1v) is 5.69. The summed E-state index contributed by atoms with van der Waals surface area (Å²) < 4.78 is 5.80. The minimum absolute atomic E-state index is 0.457. The molecule has 0 bridgehead atoms. The molecule has 0 saturated heterocycles. The minimum atomic E-state index is 0.457. The number of hydrogen-bond acceptors (Lipinski definition) is 2. The molecule has 1 saturated carbocycles. The number of rotatable bonds is 4. The SMILES string of the molecule is CC(C)c1cc(CN)cc(OC2CC2)c1. The van der Waals surface area contributed by atoms with Gasteiger partial charge in [-0.3, -0.25) is 0 Å². The van der Waals surface area contributed by atoms with Gasteiger partial charge in [0, 0.05) is 6.54 Å². The second kappa shape index (κ2) is 4.23. The summed E-state index contributed by atoms with van der Waals surface area (Å²) in [4.78, 5) is 0. The highest BCUT2D eigenvalue weighted by molar-refractivity contribution is 5.36. The molecule has 0 unspecified atom stereocenters. The van der Waals surface area contributed by atoms with Crippen molar-refractivity contribution in [3.05, 3.63) is 29.3 Å². The quantitative estimate of drug-likeness (QED) is 0.820. The molecule has 1 aliphatic carbocycles. The smallest absolute Gasteiger partial charge is 0.120 e. The van der Waals surface area contributed by atoms with Crippen molar-refractivity contribution in [1.29, 1.82) is 0 Å². The van der Waals surface area contributed by atoms with E-state index < -0.39 is 0 Å². The maximum absolute atomic E-state index is 5.80. The van der Waals surface area contributed by atoms with Crippen LogP contribution < -0.4 is 10.5 Å². The van der Waals surface area contributed by atoms with Crippen molar-refractivity contribution in [3.8, 4) is 5.75 Å². The highest BCUT2D eigenvalue weighted by Gasteiger charge is 2.23. The molecule has 0 heterocycles. The Bertz CT molecular complexity index is 342. The third-order valence-corrected chi connectivity index (χ3v) is 2.72. The molecule has 15 heavy (non-hydrogen) atoms. The van der Waals surface area contributed by atoms with E-state index in [1.165, 1.54) is 18.4 Å². The summed E-state index contributed by atoms with van der Waals surface area (Å²) in [6.45, 7) is 4.97. The number of hydrogen-bond donors (Lipinski definition) is 1. The van der Waals surface area contributed by atoms with E-state index in [1.807, 2.05) is 0 Å². The average Bonchev–Trinajstić information content (AvgIpc) is 3.01. The maximum Gasteiger partial charge on any atom is 0.120 e. The van der Waals surface area contributed by atoms with Crippen LogP contribution in [-0.4, -0.2) is 6.10 Å². The lowest BCUT2D eigenvalue weighted by atomic mass is 10.0. The normalized spacial score (nSPS) is 15.7. The van der Waals surface area contributed by atoms with Crippen LogP contribution in [0.2, 0.25) is 0 Å². The van der Waals surface area contributed by atoms with Crippen molar-refractivity contribution < 1.29 is 4.74 Å². The summed E-state index contributed by atoms with van der Waals surface area (Å²) in [5.74, 6) is 1.52. The van der Waals surface area contributed by atoms with Gasteiger partial charge in [0.1, 0.15) is 5.75 Å². The van der Waals surface area contributed by atoms with E-state index in [2.05, 4.69) is 32.0 Å². The van der Waals surface area contributed by atoms with Crippen LogP contribution in [0.4, 0.5) is 0 Å². The van der Waals surface area contributed by atoms with Crippen LogP contribution >= 0.6 is 0 Å². The van der Waals surface area contributed by atoms with E-state index >= 15 is 0 Å². The molecule has 0 aliphatic heterocycles. The van der Waals surface area contributed by atoms with E-state index in [-0.39, 0.29) is 0 Å². The van der Waals surface area contributed by atoms with Crippen LogP contribution in [0.25, 0.3) is 0 Å². The van der Waals surface area contributed by atoms with Gasteiger partial charge in [0.05, 0.1) is 6.10 Å². The Labute approximate surface area is 91.4 Å². The molecule has 0 atom stereocenters. The van der Waals surface area contributed by atoms with E-state index in [1.54, 1.807) is 0 Å². The summed E-state index contributed by atoms with van der Waals surface area (Å²) in [7, 11) is 0. The van der Waals surface area contributed by atoms with Gasteiger partial charge in [-0.2, -0.15) is 0 Å². The van der Waals surface area contributed by atoms with Gasteiger partial charge in [-0.15, -0.1) is 0 Å². The molecule has 82 valence electrons. The highest BCUT2D eigenvalue weighted by Crippen LogP contribution is 2.29. The van der Waals surface area contributed by atoms with Crippen molar-refractivity contribution in [2.45, 2.75) is 45.3 Å². The maximum atomic E-state index is 5.80. The molecule has 2 heteroatoms. The van der Waals surface area contributed by atoms with Crippen molar-refractivity contribution >= 4 is 0 Å². The van der Waals surface area contributed by atoms with Gasteiger partial charge in [0.25, 0.3) is 0 Å². The number of benzene rings is 1. The standard InChI is InChI=1S/C13H19NO/c1-9(2)11-5-10(8-14)6-13(7-11)15-12-3-4-12/h5-7,9,12H,3-4,8,14H2,1-2H3. The van der Waals surface area contributed by atoms with Gasteiger partial charge in [-0.25, -0.2) is 0 Å². The predicted molar refractivity (Wildman–Crippen MR) is 62.1 cm³/mol. The second-order valence-electron chi connectivity index (χ2n) is 4.59. The molecule has 1 aliphatic rings. The van der Waals surface area contributed by atoms with Gasteiger partial charge in [0.15, 0.2) is 0 Å². The predicted octanol–water partition coefficient (Wildman–Crippen LogP) is 2.81. The van der Waals surface area contributed by atoms with Crippen molar-refractivity contribution in [2.24, 2.45) is 5.73 Å². The first kappa shape index (κ1) is 10.5. The minimum Gasteiger partial charge on any atom is -0.490 e. The lowest BCUT2D eigenvalue weighted by Crippen LogP contribution is -2.02. The molecule has 2 rings (SSSR count). The van der Waals surface area contributed by atoms with Crippen LogP contribution in [0.5, 0.6) is 5.75 Å².